The highest BCUT2D eigenvalue weighted by Gasteiger charge is 2.29. The third-order valence-electron chi connectivity index (χ3n) is 2.10. The third kappa shape index (κ3) is 3.23. The molecular formula is C9H12N2O3S. The molecule has 0 spiro atoms. The minimum atomic E-state index is -0.769. The summed E-state index contributed by atoms with van der Waals surface area (Å²) in [4.78, 5) is 14.5. The van der Waals surface area contributed by atoms with Crippen molar-refractivity contribution in [3.8, 4) is 0 Å². The molecule has 0 aliphatic heterocycles. The van der Waals surface area contributed by atoms with Gasteiger partial charge in [-0.15, -0.1) is 0 Å². The van der Waals surface area contributed by atoms with Crippen molar-refractivity contribution in [3.05, 3.63) is 11.7 Å². The van der Waals surface area contributed by atoms with E-state index >= 15 is 0 Å². The molecule has 1 aliphatic rings. The molecule has 5 nitrogen and oxygen atoms in total. The summed E-state index contributed by atoms with van der Waals surface area (Å²) in [5, 5.41) is 12.3. The first-order valence-electron chi connectivity index (χ1n) is 4.87. The van der Waals surface area contributed by atoms with E-state index in [0.29, 0.717) is 23.2 Å². The maximum Gasteiger partial charge on any atom is 0.304 e. The van der Waals surface area contributed by atoms with Crippen molar-refractivity contribution in [2.24, 2.45) is 0 Å². The molecule has 0 unspecified atom stereocenters. The van der Waals surface area contributed by atoms with Gasteiger partial charge in [0.1, 0.15) is 0 Å². The summed E-state index contributed by atoms with van der Waals surface area (Å²) < 4.78 is 5.08. The quantitative estimate of drug-likeness (QED) is 0.746. The monoisotopic (exact) mass is 228 g/mol. The molecule has 0 saturated heterocycles. The van der Waals surface area contributed by atoms with Crippen molar-refractivity contribution in [1.29, 1.82) is 0 Å². The smallest absolute Gasteiger partial charge is 0.304 e. The van der Waals surface area contributed by atoms with Gasteiger partial charge in [0.05, 0.1) is 12.2 Å². The predicted molar refractivity (Wildman–Crippen MR) is 54.7 cm³/mol. The topological polar surface area (TPSA) is 76.2 Å². The molecule has 1 saturated carbocycles. The molecule has 0 bridgehead atoms. The van der Waals surface area contributed by atoms with Crippen molar-refractivity contribution in [3.63, 3.8) is 0 Å². The summed E-state index contributed by atoms with van der Waals surface area (Å²) >= 11 is 1.51. The highest BCUT2D eigenvalue weighted by Crippen LogP contribution is 2.38. The molecule has 2 rings (SSSR count). The fourth-order valence-corrected chi connectivity index (χ4v) is 1.91. The number of aliphatic carboxylic acids is 1. The van der Waals surface area contributed by atoms with Gasteiger partial charge in [-0.3, -0.25) is 4.79 Å². The highest BCUT2D eigenvalue weighted by molar-refractivity contribution is 7.98. The lowest BCUT2D eigenvalue weighted by molar-refractivity contribution is -0.136. The predicted octanol–water partition coefficient (Wildman–Crippen LogP) is 1.65. The molecule has 0 radical (unpaired) electrons. The van der Waals surface area contributed by atoms with Crippen LogP contribution in [-0.2, 0) is 10.5 Å². The first kappa shape index (κ1) is 10.5. The Morgan fingerprint density at radius 1 is 1.60 bits per heavy atom. The number of nitrogens with zero attached hydrogens (tertiary/aromatic N) is 2. The average molecular weight is 228 g/mol. The molecule has 1 fully saturated rings. The molecule has 0 atom stereocenters. The lowest BCUT2D eigenvalue weighted by Gasteiger charge is -1.93. The van der Waals surface area contributed by atoms with E-state index in [2.05, 4.69) is 10.1 Å². The molecule has 0 amide bonds. The summed E-state index contributed by atoms with van der Waals surface area (Å²) in [5.41, 5.74) is 0. The number of carboxylic acid groups (broad SMARTS) is 1. The summed E-state index contributed by atoms with van der Waals surface area (Å²) in [5.74, 6) is 2.34. The van der Waals surface area contributed by atoms with Crippen molar-refractivity contribution in [1.82, 2.24) is 10.1 Å². The summed E-state index contributed by atoms with van der Waals surface area (Å²) in [6.07, 6.45) is 2.47. The van der Waals surface area contributed by atoms with E-state index in [9.17, 15) is 4.79 Å². The van der Waals surface area contributed by atoms with Crippen LogP contribution in [0.15, 0.2) is 4.52 Å². The van der Waals surface area contributed by atoms with Crippen LogP contribution in [-0.4, -0.2) is 27.0 Å². The van der Waals surface area contributed by atoms with Gasteiger partial charge in [-0.05, 0) is 12.8 Å². The number of carbonyl (C=O) groups is 1. The van der Waals surface area contributed by atoms with E-state index in [1.807, 2.05) is 0 Å². The Balaban J connectivity index is 1.71. The number of carboxylic acids is 1. The number of hydrogen-bond donors (Lipinski definition) is 1. The Morgan fingerprint density at radius 2 is 2.40 bits per heavy atom. The first-order chi connectivity index (χ1) is 7.25. The average Bonchev–Trinajstić information content (AvgIpc) is 2.94. The highest BCUT2D eigenvalue weighted by atomic mass is 32.2. The molecule has 1 aliphatic carbocycles. The molecule has 82 valence electrons. The van der Waals surface area contributed by atoms with Gasteiger partial charge in [0, 0.05) is 11.7 Å². The summed E-state index contributed by atoms with van der Waals surface area (Å²) in [6.45, 7) is 0. The van der Waals surface area contributed by atoms with Crippen LogP contribution in [0.1, 0.15) is 36.9 Å². The van der Waals surface area contributed by atoms with E-state index in [0.717, 1.165) is 18.7 Å². The van der Waals surface area contributed by atoms with Crippen molar-refractivity contribution in [2.45, 2.75) is 30.9 Å². The van der Waals surface area contributed by atoms with Crippen LogP contribution in [0.3, 0.4) is 0 Å². The third-order valence-corrected chi connectivity index (χ3v) is 3.06. The van der Waals surface area contributed by atoms with Gasteiger partial charge >= 0.3 is 5.97 Å². The van der Waals surface area contributed by atoms with Crippen molar-refractivity contribution in [2.75, 3.05) is 5.75 Å². The van der Waals surface area contributed by atoms with Gasteiger partial charge in [0.15, 0.2) is 5.82 Å². The Morgan fingerprint density at radius 3 is 3.07 bits per heavy atom. The van der Waals surface area contributed by atoms with E-state index in [1.54, 1.807) is 0 Å². The Labute approximate surface area is 91.2 Å². The Kier molecular flexibility index (Phi) is 3.25. The van der Waals surface area contributed by atoms with Gasteiger partial charge in [-0.2, -0.15) is 16.7 Å². The maximum atomic E-state index is 10.2. The normalized spacial score (nSPS) is 15.5. The molecule has 1 N–H and O–H groups in total. The fourth-order valence-electron chi connectivity index (χ4n) is 1.15. The van der Waals surface area contributed by atoms with Crippen LogP contribution in [0, 0.1) is 0 Å². The zero-order valence-corrected chi connectivity index (χ0v) is 9.00. The molecule has 15 heavy (non-hydrogen) atoms. The van der Waals surface area contributed by atoms with Crippen LogP contribution in [0.2, 0.25) is 0 Å². The van der Waals surface area contributed by atoms with Gasteiger partial charge in [-0.1, -0.05) is 5.16 Å². The van der Waals surface area contributed by atoms with Crippen molar-refractivity contribution < 1.29 is 14.4 Å². The second-order valence-electron chi connectivity index (χ2n) is 3.52. The van der Waals surface area contributed by atoms with E-state index in [1.165, 1.54) is 11.8 Å². The fraction of sp³-hybridized carbons (Fsp3) is 0.667. The zero-order valence-electron chi connectivity index (χ0n) is 8.18. The molecule has 1 aromatic heterocycles. The Hall–Kier alpha value is -1.04. The molecule has 6 heteroatoms. The Bertz CT molecular complexity index is 349. The molecule has 0 aromatic carbocycles. The van der Waals surface area contributed by atoms with Crippen LogP contribution >= 0.6 is 11.8 Å². The maximum absolute atomic E-state index is 10.2. The number of hydrogen-bond acceptors (Lipinski definition) is 5. The molecule has 1 aromatic rings. The lowest BCUT2D eigenvalue weighted by atomic mass is 10.4. The van der Waals surface area contributed by atoms with Crippen LogP contribution in [0.5, 0.6) is 0 Å². The summed E-state index contributed by atoms with van der Waals surface area (Å²) in [6, 6.07) is 0. The summed E-state index contributed by atoms with van der Waals surface area (Å²) in [7, 11) is 0. The largest absolute Gasteiger partial charge is 0.481 e. The molecule has 1 heterocycles. The molecular weight excluding hydrogens is 216 g/mol. The number of aromatic nitrogens is 2. The van der Waals surface area contributed by atoms with Crippen LogP contribution in [0.25, 0.3) is 0 Å². The van der Waals surface area contributed by atoms with E-state index in [4.69, 9.17) is 9.63 Å². The SMILES string of the molecule is O=C(O)CCSCc1noc(C2CC2)n1. The van der Waals surface area contributed by atoms with Gasteiger partial charge in [0.25, 0.3) is 0 Å². The van der Waals surface area contributed by atoms with Crippen LogP contribution in [0.4, 0.5) is 0 Å². The number of rotatable bonds is 6. The van der Waals surface area contributed by atoms with Gasteiger partial charge in [-0.25, -0.2) is 0 Å². The van der Waals surface area contributed by atoms with E-state index in [-0.39, 0.29) is 6.42 Å². The van der Waals surface area contributed by atoms with Gasteiger partial charge < -0.3 is 9.63 Å². The minimum absolute atomic E-state index is 0.179. The second-order valence-corrected chi connectivity index (χ2v) is 4.62. The van der Waals surface area contributed by atoms with Crippen LogP contribution < -0.4 is 0 Å². The number of thioether (sulfide) groups is 1. The van der Waals surface area contributed by atoms with Crippen molar-refractivity contribution >= 4 is 17.7 Å². The zero-order chi connectivity index (χ0) is 10.7. The van der Waals surface area contributed by atoms with E-state index < -0.39 is 5.97 Å². The second kappa shape index (κ2) is 4.65. The van der Waals surface area contributed by atoms with Gasteiger partial charge in [0.2, 0.25) is 5.89 Å². The standard InChI is InChI=1S/C9H12N2O3S/c12-8(13)3-4-15-5-7-10-9(14-11-7)6-1-2-6/h6H,1-5H2,(H,12,13). The first-order valence-corrected chi connectivity index (χ1v) is 6.03. The minimum Gasteiger partial charge on any atom is -0.481 e. The lowest BCUT2D eigenvalue weighted by Crippen LogP contribution is -1.96.